The van der Waals surface area contributed by atoms with E-state index in [0.717, 1.165) is 25.9 Å². The fourth-order valence-corrected chi connectivity index (χ4v) is 2.75. The summed E-state index contributed by atoms with van der Waals surface area (Å²) < 4.78 is 5.62. The Labute approximate surface area is 123 Å². The molecule has 2 rings (SSSR count). The van der Waals surface area contributed by atoms with Gasteiger partial charge >= 0.3 is 5.97 Å². The second kappa shape index (κ2) is 6.22. The summed E-state index contributed by atoms with van der Waals surface area (Å²) in [6.45, 7) is 5.92. The van der Waals surface area contributed by atoms with Crippen LogP contribution in [-0.2, 0) is 4.74 Å². The number of nitrogens with zero attached hydrogens (tertiary/aromatic N) is 1. The van der Waals surface area contributed by atoms with Crippen molar-refractivity contribution in [2.45, 2.75) is 32.3 Å². The number of nitrogens with two attached hydrogens (primary N) is 1. The van der Waals surface area contributed by atoms with Crippen LogP contribution in [0.5, 0.6) is 0 Å². The predicted molar refractivity (Wildman–Crippen MR) is 77.0 cm³/mol. The Hall–Kier alpha value is -1.95. The lowest BCUT2D eigenvalue weighted by Crippen LogP contribution is -2.86. The number of esters is 1. The molecule has 0 unspecified atom stereocenters. The van der Waals surface area contributed by atoms with E-state index in [-0.39, 0.29) is 11.3 Å². The summed E-state index contributed by atoms with van der Waals surface area (Å²) in [4.78, 5) is 22.5. The average Bonchev–Trinajstić information content (AvgIpc) is 2.48. The highest BCUT2D eigenvalue weighted by Gasteiger charge is 2.35. The summed E-state index contributed by atoms with van der Waals surface area (Å²) in [7, 11) is 0. The molecule has 0 atom stereocenters. The molecule has 2 N–H and O–H groups in total. The van der Waals surface area contributed by atoms with E-state index < -0.39 is 16.5 Å². The largest absolute Gasteiger partial charge is 0.456 e. The van der Waals surface area contributed by atoms with Crippen LogP contribution in [0.3, 0.4) is 0 Å². The first kappa shape index (κ1) is 15.4. The first-order valence-electron chi connectivity index (χ1n) is 7.19. The van der Waals surface area contributed by atoms with Gasteiger partial charge in [-0.15, -0.1) is 0 Å². The number of hydrogen-bond acceptors (Lipinski definition) is 4. The van der Waals surface area contributed by atoms with E-state index in [1.54, 1.807) is 6.07 Å². The molecule has 1 aromatic carbocycles. The number of benzene rings is 1. The quantitative estimate of drug-likeness (QED) is 0.518. The zero-order valence-electron chi connectivity index (χ0n) is 12.4. The number of quaternary nitrogens is 1. The number of ether oxygens (including phenoxy) is 1. The molecule has 0 aliphatic carbocycles. The lowest BCUT2D eigenvalue weighted by molar-refractivity contribution is -0.665. The number of hydrogen-bond donors (Lipinski definition) is 1. The van der Waals surface area contributed by atoms with Crippen molar-refractivity contribution < 1.29 is 19.8 Å². The Morgan fingerprint density at radius 3 is 2.67 bits per heavy atom. The first-order valence-corrected chi connectivity index (χ1v) is 7.19. The topological polar surface area (TPSA) is 86.0 Å². The molecule has 0 saturated carbocycles. The van der Waals surface area contributed by atoms with Gasteiger partial charge in [-0.25, -0.2) is 4.79 Å². The highest BCUT2D eigenvalue weighted by atomic mass is 16.6. The molecule has 0 spiro atoms. The van der Waals surface area contributed by atoms with Gasteiger partial charge in [0.2, 0.25) is 0 Å². The highest BCUT2D eigenvalue weighted by molar-refractivity contribution is 5.90. The molecule has 1 saturated heterocycles. The number of non-ortho nitro benzene ring substituents is 1. The van der Waals surface area contributed by atoms with Crippen LogP contribution in [-0.4, -0.2) is 29.6 Å². The van der Waals surface area contributed by atoms with Gasteiger partial charge < -0.3 is 10.1 Å². The molecule has 0 aromatic heterocycles. The number of piperidine rings is 1. The first-order chi connectivity index (χ1) is 9.90. The third kappa shape index (κ3) is 3.78. The number of nitro benzene ring substituents is 1. The van der Waals surface area contributed by atoms with Gasteiger partial charge in [-0.3, -0.25) is 10.1 Å². The molecule has 1 fully saturated rings. The average molecular weight is 293 g/mol. The van der Waals surface area contributed by atoms with Crippen molar-refractivity contribution in [3.63, 3.8) is 0 Å². The molecule has 0 radical (unpaired) electrons. The van der Waals surface area contributed by atoms with Crippen molar-refractivity contribution in [1.29, 1.82) is 0 Å². The summed E-state index contributed by atoms with van der Waals surface area (Å²) in [6, 6.07) is 5.66. The zero-order valence-corrected chi connectivity index (χ0v) is 12.4. The van der Waals surface area contributed by atoms with Crippen LogP contribution < -0.4 is 5.32 Å². The van der Waals surface area contributed by atoms with Gasteiger partial charge in [-0.1, -0.05) is 6.07 Å². The summed E-state index contributed by atoms with van der Waals surface area (Å²) in [5.41, 5.74) is -0.440. The van der Waals surface area contributed by atoms with Crippen LogP contribution in [0.15, 0.2) is 24.3 Å². The second-order valence-corrected chi connectivity index (χ2v) is 5.94. The number of carbonyl (C=O) groups is 1. The predicted octanol–water partition coefficient (Wildman–Crippen LogP) is 1.50. The van der Waals surface area contributed by atoms with E-state index in [1.807, 2.05) is 13.8 Å². The molecule has 21 heavy (non-hydrogen) atoms. The van der Waals surface area contributed by atoms with E-state index in [1.165, 1.54) is 18.2 Å². The van der Waals surface area contributed by atoms with Crippen LogP contribution in [0.2, 0.25) is 0 Å². The van der Waals surface area contributed by atoms with Gasteiger partial charge in [-0.05, 0) is 19.9 Å². The van der Waals surface area contributed by atoms with E-state index in [9.17, 15) is 14.9 Å². The van der Waals surface area contributed by atoms with Crippen LogP contribution in [0.1, 0.15) is 37.0 Å². The van der Waals surface area contributed by atoms with E-state index >= 15 is 0 Å². The third-order valence-electron chi connectivity index (χ3n) is 4.07. The highest BCUT2D eigenvalue weighted by Crippen LogP contribution is 2.29. The van der Waals surface area contributed by atoms with E-state index in [2.05, 4.69) is 5.32 Å². The Morgan fingerprint density at radius 2 is 2.05 bits per heavy atom. The molecule has 1 aliphatic heterocycles. The summed E-state index contributed by atoms with van der Waals surface area (Å²) in [6.07, 6.45) is 2.02. The van der Waals surface area contributed by atoms with E-state index in [0.29, 0.717) is 5.92 Å². The van der Waals surface area contributed by atoms with Gasteiger partial charge in [0.1, 0.15) is 5.60 Å². The van der Waals surface area contributed by atoms with Gasteiger partial charge in [0.15, 0.2) is 0 Å². The van der Waals surface area contributed by atoms with Crippen LogP contribution >= 0.6 is 0 Å². The third-order valence-corrected chi connectivity index (χ3v) is 4.07. The van der Waals surface area contributed by atoms with Crippen LogP contribution in [0, 0.1) is 16.0 Å². The fourth-order valence-electron chi connectivity index (χ4n) is 2.75. The maximum Gasteiger partial charge on any atom is 0.338 e. The van der Waals surface area contributed by atoms with Gasteiger partial charge in [-0.2, -0.15) is 0 Å². The number of rotatable bonds is 4. The Morgan fingerprint density at radius 1 is 1.38 bits per heavy atom. The normalized spacial score (nSPS) is 16.5. The molecule has 1 heterocycles. The number of carbonyl (C=O) groups excluding carboxylic acids is 1. The molecule has 0 amide bonds. The van der Waals surface area contributed by atoms with Crippen LogP contribution in [0.25, 0.3) is 0 Å². The zero-order chi connectivity index (χ0) is 15.5. The molecular weight excluding hydrogens is 272 g/mol. The van der Waals surface area contributed by atoms with Crippen molar-refractivity contribution in [3.05, 3.63) is 39.9 Å². The lowest BCUT2D eigenvalue weighted by atomic mass is 9.83. The lowest BCUT2D eigenvalue weighted by Gasteiger charge is -2.35. The molecule has 114 valence electrons. The van der Waals surface area contributed by atoms with Crippen molar-refractivity contribution in [1.82, 2.24) is 0 Å². The Bertz CT molecular complexity index is 536. The van der Waals surface area contributed by atoms with Gasteiger partial charge in [0.05, 0.1) is 23.6 Å². The maximum absolute atomic E-state index is 12.2. The monoisotopic (exact) mass is 293 g/mol. The van der Waals surface area contributed by atoms with Crippen molar-refractivity contribution in [3.8, 4) is 0 Å². The standard InChI is InChI=1S/C15H20N2O4/c1-15(2,12-6-8-16-9-7-12)21-14(18)11-4-3-5-13(10-11)17(19)20/h3-5,10,12,16H,6-9H2,1-2H3/p+1. The molecule has 1 aromatic rings. The fraction of sp³-hybridized carbons (Fsp3) is 0.533. The smallest absolute Gasteiger partial charge is 0.338 e. The second-order valence-electron chi connectivity index (χ2n) is 5.94. The Kier molecular flexibility index (Phi) is 4.57. The van der Waals surface area contributed by atoms with E-state index in [4.69, 9.17) is 4.74 Å². The summed E-state index contributed by atoms with van der Waals surface area (Å²) in [5, 5.41) is 13.0. The minimum atomic E-state index is -0.560. The van der Waals surface area contributed by atoms with Crippen molar-refractivity contribution in [2.75, 3.05) is 13.1 Å². The molecule has 6 nitrogen and oxygen atoms in total. The van der Waals surface area contributed by atoms with Gasteiger partial charge in [0.25, 0.3) is 5.69 Å². The van der Waals surface area contributed by atoms with Crippen molar-refractivity contribution in [2.24, 2.45) is 5.92 Å². The molecular formula is C15H21N2O4+. The summed E-state index contributed by atoms with van der Waals surface area (Å²) in [5.74, 6) is -0.177. The number of nitro groups is 1. The minimum Gasteiger partial charge on any atom is -0.456 e. The molecule has 1 aliphatic rings. The van der Waals surface area contributed by atoms with Crippen molar-refractivity contribution >= 4 is 11.7 Å². The molecule has 6 heteroatoms. The minimum absolute atomic E-state index is 0.102. The van der Waals surface area contributed by atoms with Gasteiger partial charge in [0, 0.05) is 30.9 Å². The summed E-state index contributed by atoms with van der Waals surface area (Å²) >= 11 is 0. The Balaban J connectivity index is 2.09. The SMILES string of the molecule is CC(C)(OC(=O)c1cccc([N+](=O)[O-])c1)C1CC[NH2+]CC1. The maximum atomic E-state index is 12.2. The molecule has 0 bridgehead atoms. The van der Waals surface area contributed by atoms with Crippen LogP contribution in [0.4, 0.5) is 5.69 Å².